The quantitative estimate of drug-likeness (QED) is 0.554. The summed E-state index contributed by atoms with van der Waals surface area (Å²) in [5.41, 5.74) is 1.20. The van der Waals surface area contributed by atoms with Crippen LogP contribution in [0.5, 0.6) is 0 Å². The average molecular weight is 388 g/mol. The van der Waals surface area contributed by atoms with Gasteiger partial charge in [0.25, 0.3) is 5.91 Å². The number of hydrogen-bond acceptors (Lipinski definition) is 6. The molecule has 7 nitrogen and oxygen atoms in total. The van der Waals surface area contributed by atoms with Crippen molar-refractivity contribution in [1.82, 2.24) is 4.98 Å². The lowest BCUT2D eigenvalue weighted by Gasteiger charge is -2.07. The fourth-order valence-corrected chi connectivity index (χ4v) is 4.06. The first kappa shape index (κ1) is 17.9. The fourth-order valence-electron chi connectivity index (χ4n) is 2.23. The maximum absolute atomic E-state index is 12.4. The molecule has 0 radical (unpaired) electrons. The zero-order valence-electron chi connectivity index (χ0n) is 13.1. The molecule has 0 saturated carbocycles. The van der Waals surface area contributed by atoms with Gasteiger partial charge in [-0.1, -0.05) is 23.9 Å². The predicted octanol–water partition coefficient (Wildman–Crippen LogP) is 3.42. The summed E-state index contributed by atoms with van der Waals surface area (Å²) in [6, 6.07) is 11.1. The molecule has 9 heteroatoms. The highest BCUT2D eigenvalue weighted by Gasteiger charge is 2.16. The van der Waals surface area contributed by atoms with Gasteiger partial charge in [0.15, 0.2) is 4.34 Å². The Labute approximate surface area is 155 Å². The molecule has 0 aliphatic rings. The third-order valence-electron chi connectivity index (χ3n) is 3.35. The van der Waals surface area contributed by atoms with Crippen LogP contribution < -0.4 is 5.32 Å². The third-order valence-corrected chi connectivity index (χ3v) is 5.49. The highest BCUT2D eigenvalue weighted by Crippen LogP contribution is 2.31. The van der Waals surface area contributed by atoms with Crippen LogP contribution >= 0.6 is 23.1 Å². The molecule has 1 heterocycles. The van der Waals surface area contributed by atoms with Crippen molar-refractivity contribution in [3.8, 4) is 0 Å². The van der Waals surface area contributed by atoms with Gasteiger partial charge in [-0.05, 0) is 30.3 Å². The first-order chi connectivity index (χ1) is 12.4. The summed E-state index contributed by atoms with van der Waals surface area (Å²) in [5, 5.41) is 20.6. The lowest BCUT2D eigenvalue weighted by atomic mass is 10.1. The summed E-state index contributed by atoms with van der Waals surface area (Å²) in [7, 11) is 0. The number of anilines is 1. The minimum absolute atomic E-state index is 0.0714. The molecule has 0 spiro atoms. The molecule has 1 aromatic heterocycles. The number of hydrogen-bond donors (Lipinski definition) is 3. The normalized spacial score (nSPS) is 10.6. The molecule has 0 fully saturated rings. The number of thioether (sulfide) groups is 1. The van der Waals surface area contributed by atoms with Gasteiger partial charge in [-0.3, -0.25) is 9.59 Å². The van der Waals surface area contributed by atoms with E-state index in [1.54, 1.807) is 30.3 Å². The monoisotopic (exact) mass is 388 g/mol. The first-order valence-electron chi connectivity index (χ1n) is 7.33. The molecular formula is C17H12N2O5S2. The first-order valence-corrected chi connectivity index (χ1v) is 9.13. The largest absolute Gasteiger partial charge is 0.481 e. The van der Waals surface area contributed by atoms with Crippen LogP contribution in [-0.4, -0.2) is 38.8 Å². The van der Waals surface area contributed by atoms with Crippen molar-refractivity contribution in [1.29, 1.82) is 0 Å². The molecular weight excluding hydrogens is 376 g/mol. The SMILES string of the molecule is O=C(O)CSc1nc2ccc(NC(=O)c3ccccc3C(=O)O)cc2s1. The number of nitrogens with zero attached hydrogens (tertiary/aromatic N) is 1. The van der Waals surface area contributed by atoms with E-state index in [0.29, 0.717) is 15.5 Å². The highest BCUT2D eigenvalue weighted by molar-refractivity contribution is 8.01. The van der Waals surface area contributed by atoms with Gasteiger partial charge in [-0.15, -0.1) is 11.3 Å². The maximum atomic E-state index is 12.4. The Kier molecular flexibility index (Phi) is 5.19. The van der Waals surface area contributed by atoms with Gasteiger partial charge in [-0.2, -0.15) is 0 Å². The molecule has 3 aromatic rings. The lowest BCUT2D eigenvalue weighted by Crippen LogP contribution is -2.16. The Morgan fingerprint density at radius 2 is 1.81 bits per heavy atom. The Morgan fingerprint density at radius 1 is 1.08 bits per heavy atom. The van der Waals surface area contributed by atoms with Crippen molar-refractivity contribution in [2.24, 2.45) is 0 Å². The fraction of sp³-hybridized carbons (Fsp3) is 0.0588. The van der Waals surface area contributed by atoms with E-state index < -0.39 is 17.8 Å². The van der Waals surface area contributed by atoms with Crippen LogP contribution in [0.15, 0.2) is 46.8 Å². The number of aromatic nitrogens is 1. The molecule has 2 aromatic carbocycles. The number of rotatable bonds is 6. The van der Waals surface area contributed by atoms with E-state index >= 15 is 0 Å². The van der Waals surface area contributed by atoms with Gasteiger partial charge in [-0.25, -0.2) is 9.78 Å². The highest BCUT2D eigenvalue weighted by atomic mass is 32.2. The zero-order valence-corrected chi connectivity index (χ0v) is 14.8. The molecule has 1 amide bonds. The van der Waals surface area contributed by atoms with Crippen molar-refractivity contribution in [3.05, 3.63) is 53.6 Å². The van der Waals surface area contributed by atoms with Crippen LogP contribution in [-0.2, 0) is 4.79 Å². The molecule has 0 saturated heterocycles. The van der Waals surface area contributed by atoms with Gasteiger partial charge in [0, 0.05) is 5.69 Å². The Morgan fingerprint density at radius 3 is 2.50 bits per heavy atom. The predicted molar refractivity (Wildman–Crippen MR) is 99.3 cm³/mol. The summed E-state index contributed by atoms with van der Waals surface area (Å²) in [6.07, 6.45) is 0. The Bertz CT molecular complexity index is 1020. The summed E-state index contributed by atoms with van der Waals surface area (Å²) in [4.78, 5) is 38.6. The van der Waals surface area contributed by atoms with E-state index in [4.69, 9.17) is 5.11 Å². The van der Waals surface area contributed by atoms with Crippen molar-refractivity contribution >= 4 is 56.8 Å². The van der Waals surface area contributed by atoms with Crippen molar-refractivity contribution in [3.63, 3.8) is 0 Å². The minimum Gasteiger partial charge on any atom is -0.481 e. The van der Waals surface area contributed by atoms with E-state index in [1.165, 1.54) is 23.5 Å². The molecule has 132 valence electrons. The van der Waals surface area contributed by atoms with Crippen molar-refractivity contribution in [2.45, 2.75) is 4.34 Å². The van der Waals surface area contributed by atoms with E-state index in [1.807, 2.05) is 0 Å². The van der Waals surface area contributed by atoms with E-state index in [9.17, 15) is 19.5 Å². The zero-order chi connectivity index (χ0) is 18.7. The number of carbonyl (C=O) groups excluding carboxylic acids is 1. The number of fused-ring (bicyclic) bond motifs is 1. The number of carbonyl (C=O) groups is 3. The number of aromatic carboxylic acids is 1. The number of amides is 1. The standard InChI is InChI=1S/C17H12N2O5S2/c20-14(21)8-25-17-19-12-6-5-9(7-13(12)26-17)18-15(22)10-3-1-2-4-11(10)16(23)24/h1-7H,8H2,(H,18,22)(H,20,21)(H,23,24). The topological polar surface area (TPSA) is 117 Å². The molecule has 26 heavy (non-hydrogen) atoms. The van der Waals surface area contributed by atoms with Gasteiger partial charge in [0.05, 0.1) is 27.1 Å². The number of carboxylic acid groups (broad SMARTS) is 2. The van der Waals surface area contributed by atoms with E-state index in [0.717, 1.165) is 16.5 Å². The average Bonchev–Trinajstić information content (AvgIpc) is 3.02. The minimum atomic E-state index is -1.17. The van der Waals surface area contributed by atoms with Crippen LogP contribution in [0.2, 0.25) is 0 Å². The molecule has 3 N–H and O–H groups in total. The van der Waals surface area contributed by atoms with Crippen LogP contribution in [0, 0.1) is 0 Å². The molecule has 0 aliphatic heterocycles. The second-order valence-electron chi connectivity index (χ2n) is 5.15. The molecule has 0 unspecified atom stereocenters. The smallest absolute Gasteiger partial charge is 0.336 e. The summed E-state index contributed by atoms with van der Waals surface area (Å²) < 4.78 is 1.42. The molecule has 0 bridgehead atoms. The maximum Gasteiger partial charge on any atom is 0.336 e. The summed E-state index contributed by atoms with van der Waals surface area (Å²) >= 11 is 2.46. The van der Waals surface area contributed by atoms with Gasteiger partial charge < -0.3 is 15.5 Å². The van der Waals surface area contributed by atoms with Crippen LogP contribution in [0.3, 0.4) is 0 Å². The van der Waals surface area contributed by atoms with E-state index in [-0.39, 0.29) is 16.9 Å². The summed E-state index contributed by atoms with van der Waals surface area (Å²) in [5.74, 6) is -2.68. The number of aliphatic carboxylic acids is 1. The number of benzene rings is 2. The van der Waals surface area contributed by atoms with Crippen LogP contribution in [0.1, 0.15) is 20.7 Å². The van der Waals surface area contributed by atoms with Crippen LogP contribution in [0.25, 0.3) is 10.2 Å². The molecule has 3 rings (SSSR count). The van der Waals surface area contributed by atoms with Gasteiger partial charge >= 0.3 is 11.9 Å². The number of carboxylic acids is 2. The van der Waals surface area contributed by atoms with Gasteiger partial charge in [0.1, 0.15) is 0 Å². The molecule has 0 atom stereocenters. The number of thiazole rings is 1. The second-order valence-corrected chi connectivity index (χ2v) is 7.40. The second kappa shape index (κ2) is 7.54. The third kappa shape index (κ3) is 4.01. The van der Waals surface area contributed by atoms with Crippen molar-refractivity contribution in [2.75, 3.05) is 11.1 Å². The lowest BCUT2D eigenvalue weighted by molar-refractivity contribution is -0.133. The Balaban J connectivity index is 1.81. The van der Waals surface area contributed by atoms with Gasteiger partial charge in [0.2, 0.25) is 0 Å². The van der Waals surface area contributed by atoms with Crippen LogP contribution in [0.4, 0.5) is 5.69 Å². The van der Waals surface area contributed by atoms with Crippen molar-refractivity contribution < 1.29 is 24.6 Å². The number of nitrogens with one attached hydrogen (secondary N) is 1. The summed E-state index contributed by atoms with van der Waals surface area (Å²) in [6.45, 7) is 0. The molecule has 0 aliphatic carbocycles. The van der Waals surface area contributed by atoms with E-state index in [2.05, 4.69) is 10.3 Å². The Hall–Kier alpha value is -2.91.